The van der Waals surface area contributed by atoms with Crippen LogP contribution in [-0.2, 0) is 0 Å². The lowest BCUT2D eigenvalue weighted by molar-refractivity contribution is 0.120. The number of aryl methyl sites for hydroxylation is 1. The zero-order valence-electron chi connectivity index (χ0n) is 9.42. The van der Waals surface area contributed by atoms with Gasteiger partial charge in [0.05, 0.1) is 6.10 Å². The highest BCUT2D eigenvalue weighted by molar-refractivity contribution is 5.27. The van der Waals surface area contributed by atoms with Gasteiger partial charge in [-0.1, -0.05) is 26.0 Å². The molecule has 1 aliphatic rings. The van der Waals surface area contributed by atoms with Gasteiger partial charge in [-0.05, 0) is 43.9 Å². The van der Waals surface area contributed by atoms with Crippen LogP contribution >= 0.6 is 0 Å². The first kappa shape index (κ1) is 11.1. The Bertz CT molecular complexity index is 264. The summed E-state index contributed by atoms with van der Waals surface area (Å²) in [6.07, 6.45) is 4.28. The van der Waals surface area contributed by atoms with Crippen LogP contribution in [0, 0.1) is 6.92 Å². The first-order valence-electron chi connectivity index (χ1n) is 5.58. The van der Waals surface area contributed by atoms with Gasteiger partial charge in [0.2, 0.25) is 0 Å². The third-order valence-corrected chi connectivity index (χ3v) is 2.34. The van der Waals surface area contributed by atoms with Gasteiger partial charge in [0.25, 0.3) is 0 Å². The molecule has 1 saturated carbocycles. The van der Waals surface area contributed by atoms with Crippen LogP contribution in [0.5, 0.6) is 5.75 Å². The standard InChI is InChI=1S/C11H14O.C2H6/c1-9-4-2-7-11(8-9)12-10-5-3-6-10;1-2/h2,4,7-8,10H,3,5-6H2,1H3;1-2H3. The zero-order valence-corrected chi connectivity index (χ0v) is 9.42. The van der Waals surface area contributed by atoms with E-state index in [0.29, 0.717) is 6.10 Å². The summed E-state index contributed by atoms with van der Waals surface area (Å²) in [4.78, 5) is 0. The molecule has 1 aliphatic carbocycles. The van der Waals surface area contributed by atoms with Gasteiger partial charge in [-0.25, -0.2) is 0 Å². The quantitative estimate of drug-likeness (QED) is 0.689. The summed E-state index contributed by atoms with van der Waals surface area (Å²) in [5.74, 6) is 1.03. The van der Waals surface area contributed by atoms with Gasteiger partial charge < -0.3 is 4.74 Å². The predicted octanol–water partition coefficient (Wildman–Crippen LogP) is 3.95. The third-order valence-electron chi connectivity index (χ3n) is 2.34. The molecule has 0 N–H and O–H groups in total. The first-order chi connectivity index (χ1) is 6.84. The second-order valence-corrected chi connectivity index (χ2v) is 3.49. The fraction of sp³-hybridized carbons (Fsp3) is 0.538. The molecule has 0 amide bonds. The van der Waals surface area contributed by atoms with Gasteiger partial charge in [0, 0.05) is 0 Å². The van der Waals surface area contributed by atoms with E-state index in [4.69, 9.17) is 4.74 Å². The Morgan fingerprint density at radius 1 is 1.21 bits per heavy atom. The van der Waals surface area contributed by atoms with E-state index in [1.54, 1.807) is 0 Å². The van der Waals surface area contributed by atoms with Crippen molar-refractivity contribution in [2.24, 2.45) is 0 Å². The summed E-state index contributed by atoms with van der Waals surface area (Å²) in [5, 5.41) is 0. The van der Waals surface area contributed by atoms with Crippen LogP contribution in [0.4, 0.5) is 0 Å². The van der Waals surface area contributed by atoms with Crippen molar-refractivity contribution in [3.05, 3.63) is 29.8 Å². The lowest BCUT2D eigenvalue weighted by Gasteiger charge is -2.26. The van der Waals surface area contributed by atoms with E-state index in [0.717, 1.165) is 5.75 Å². The van der Waals surface area contributed by atoms with Crippen molar-refractivity contribution >= 4 is 0 Å². The fourth-order valence-electron chi connectivity index (χ4n) is 1.37. The Labute approximate surface area is 87.1 Å². The molecule has 0 radical (unpaired) electrons. The summed E-state index contributed by atoms with van der Waals surface area (Å²) in [7, 11) is 0. The molecule has 0 saturated heterocycles. The Morgan fingerprint density at radius 2 is 1.93 bits per heavy atom. The van der Waals surface area contributed by atoms with E-state index in [1.807, 2.05) is 26.0 Å². The van der Waals surface area contributed by atoms with Crippen molar-refractivity contribution in [1.82, 2.24) is 0 Å². The van der Waals surface area contributed by atoms with Crippen LogP contribution in [0.25, 0.3) is 0 Å². The molecule has 2 rings (SSSR count). The van der Waals surface area contributed by atoms with Crippen molar-refractivity contribution in [3.8, 4) is 5.75 Å². The van der Waals surface area contributed by atoms with Crippen molar-refractivity contribution in [3.63, 3.8) is 0 Å². The Morgan fingerprint density at radius 3 is 2.43 bits per heavy atom. The molecular weight excluding hydrogens is 172 g/mol. The molecule has 0 heterocycles. The van der Waals surface area contributed by atoms with Crippen LogP contribution in [0.3, 0.4) is 0 Å². The van der Waals surface area contributed by atoms with Crippen molar-refractivity contribution < 1.29 is 4.74 Å². The number of rotatable bonds is 2. The third kappa shape index (κ3) is 3.06. The molecule has 0 bridgehead atoms. The first-order valence-corrected chi connectivity index (χ1v) is 5.58. The van der Waals surface area contributed by atoms with Gasteiger partial charge in [-0.2, -0.15) is 0 Å². The summed E-state index contributed by atoms with van der Waals surface area (Å²) in [6, 6.07) is 8.26. The molecule has 0 spiro atoms. The maximum Gasteiger partial charge on any atom is 0.119 e. The lowest BCUT2D eigenvalue weighted by atomic mass is 9.96. The summed E-state index contributed by atoms with van der Waals surface area (Å²) < 4.78 is 5.73. The van der Waals surface area contributed by atoms with E-state index in [2.05, 4.69) is 19.1 Å². The molecule has 1 aromatic rings. The highest BCUT2D eigenvalue weighted by Gasteiger charge is 2.18. The minimum atomic E-state index is 0.492. The normalized spacial score (nSPS) is 15.1. The van der Waals surface area contributed by atoms with Crippen molar-refractivity contribution in [1.29, 1.82) is 0 Å². The molecule has 78 valence electrons. The van der Waals surface area contributed by atoms with Gasteiger partial charge in [0.1, 0.15) is 5.75 Å². The molecule has 14 heavy (non-hydrogen) atoms. The monoisotopic (exact) mass is 192 g/mol. The maximum atomic E-state index is 5.73. The smallest absolute Gasteiger partial charge is 0.119 e. The average molecular weight is 192 g/mol. The number of hydrogen-bond donors (Lipinski definition) is 0. The Hall–Kier alpha value is -0.980. The van der Waals surface area contributed by atoms with E-state index < -0.39 is 0 Å². The molecule has 0 atom stereocenters. The summed E-state index contributed by atoms with van der Waals surface area (Å²) >= 11 is 0. The van der Waals surface area contributed by atoms with E-state index in [1.165, 1.54) is 24.8 Å². The average Bonchev–Trinajstić information content (AvgIpc) is 2.15. The highest BCUT2D eigenvalue weighted by atomic mass is 16.5. The molecular formula is C13H20O. The highest BCUT2D eigenvalue weighted by Crippen LogP contribution is 2.25. The van der Waals surface area contributed by atoms with Gasteiger partial charge >= 0.3 is 0 Å². The number of benzene rings is 1. The largest absolute Gasteiger partial charge is 0.490 e. The van der Waals surface area contributed by atoms with Crippen molar-refractivity contribution in [2.45, 2.75) is 46.1 Å². The molecule has 0 aromatic heterocycles. The van der Waals surface area contributed by atoms with E-state index in [9.17, 15) is 0 Å². The van der Waals surface area contributed by atoms with Crippen molar-refractivity contribution in [2.75, 3.05) is 0 Å². The minimum Gasteiger partial charge on any atom is -0.490 e. The van der Waals surface area contributed by atoms with Gasteiger partial charge in [-0.15, -0.1) is 0 Å². The fourth-order valence-corrected chi connectivity index (χ4v) is 1.37. The Kier molecular flexibility index (Phi) is 4.51. The minimum absolute atomic E-state index is 0.492. The molecule has 1 fully saturated rings. The van der Waals surface area contributed by atoms with E-state index in [-0.39, 0.29) is 0 Å². The summed E-state index contributed by atoms with van der Waals surface area (Å²) in [5.41, 5.74) is 1.27. The second-order valence-electron chi connectivity index (χ2n) is 3.49. The van der Waals surface area contributed by atoms with Gasteiger partial charge in [0.15, 0.2) is 0 Å². The molecule has 1 aromatic carbocycles. The van der Waals surface area contributed by atoms with Crippen LogP contribution in [0.15, 0.2) is 24.3 Å². The number of ether oxygens (including phenoxy) is 1. The second kappa shape index (κ2) is 5.69. The molecule has 0 unspecified atom stereocenters. The Balaban J connectivity index is 0.000000461. The summed E-state index contributed by atoms with van der Waals surface area (Å²) in [6.45, 7) is 6.09. The zero-order chi connectivity index (χ0) is 10.4. The molecule has 1 heteroatoms. The molecule has 0 aliphatic heterocycles. The SMILES string of the molecule is CC.Cc1cccc(OC2CCC2)c1. The van der Waals surface area contributed by atoms with Crippen LogP contribution in [0.2, 0.25) is 0 Å². The van der Waals surface area contributed by atoms with Crippen LogP contribution in [-0.4, -0.2) is 6.10 Å². The predicted molar refractivity (Wildman–Crippen MR) is 60.8 cm³/mol. The maximum absolute atomic E-state index is 5.73. The topological polar surface area (TPSA) is 9.23 Å². The lowest BCUT2D eigenvalue weighted by Crippen LogP contribution is -2.24. The van der Waals surface area contributed by atoms with Gasteiger partial charge in [-0.3, -0.25) is 0 Å². The molecule has 1 nitrogen and oxygen atoms in total. The van der Waals surface area contributed by atoms with Crippen LogP contribution in [0.1, 0.15) is 38.7 Å². The van der Waals surface area contributed by atoms with Crippen LogP contribution < -0.4 is 4.74 Å². The van der Waals surface area contributed by atoms with E-state index >= 15 is 0 Å². The number of hydrogen-bond acceptors (Lipinski definition) is 1.